The van der Waals surface area contributed by atoms with E-state index >= 15 is 0 Å². The Balaban J connectivity index is 2.05. The molecule has 0 aromatic rings. The molecule has 1 aliphatic rings. The maximum absolute atomic E-state index is 8.80. The molecule has 1 rings (SSSR count). The summed E-state index contributed by atoms with van der Waals surface area (Å²) in [4.78, 5) is 0. The topological polar surface area (TPSA) is 32.3 Å². The van der Waals surface area contributed by atoms with Crippen LogP contribution in [0, 0.1) is 5.92 Å². The molecule has 2 nitrogen and oxygen atoms in total. The predicted molar refractivity (Wildman–Crippen MR) is 51.1 cm³/mol. The zero-order chi connectivity index (χ0) is 8.81. The van der Waals surface area contributed by atoms with Gasteiger partial charge in [0.05, 0.1) is 6.61 Å². The summed E-state index contributed by atoms with van der Waals surface area (Å²) in [5, 5.41) is 12.2. The molecule has 1 atom stereocenters. The lowest BCUT2D eigenvalue weighted by Gasteiger charge is -2.23. The number of hydrogen-bond donors (Lipinski definition) is 2. The quantitative estimate of drug-likeness (QED) is 0.672. The third-order valence-corrected chi connectivity index (χ3v) is 2.75. The Morgan fingerprint density at radius 2 is 2.00 bits per heavy atom. The second kappa shape index (κ2) is 5.55. The van der Waals surface area contributed by atoms with Crippen LogP contribution in [0.2, 0.25) is 0 Å². The zero-order valence-electron chi connectivity index (χ0n) is 8.05. The van der Waals surface area contributed by atoms with Crippen molar-refractivity contribution < 1.29 is 5.11 Å². The van der Waals surface area contributed by atoms with Gasteiger partial charge in [-0.15, -0.1) is 0 Å². The second-order valence-electron chi connectivity index (χ2n) is 4.00. The lowest BCUT2D eigenvalue weighted by Crippen LogP contribution is -2.34. The van der Waals surface area contributed by atoms with Gasteiger partial charge in [0.1, 0.15) is 0 Å². The van der Waals surface area contributed by atoms with Crippen LogP contribution in [-0.2, 0) is 0 Å². The van der Waals surface area contributed by atoms with Gasteiger partial charge in [-0.25, -0.2) is 0 Å². The molecule has 0 spiro atoms. The first-order valence-corrected chi connectivity index (χ1v) is 5.17. The van der Waals surface area contributed by atoms with Gasteiger partial charge >= 0.3 is 0 Å². The van der Waals surface area contributed by atoms with Crippen LogP contribution in [-0.4, -0.2) is 24.3 Å². The third kappa shape index (κ3) is 3.55. The average Bonchev–Trinajstić information content (AvgIpc) is 2.16. The summed E-state index contributed by atoms with van der Waals surface area (Å²) in [7, 11) is 0. The Labute approximate surface area is 75.4 Å². The Morgan fingerprint density at radius 1 is 1.33 bits per heavy atom. The largest absolute Gasteiger partial charge is 0.395 e. The highest BCUT2D eigenvalue weighted by molar-refractivity contribution is 4.69. The molecule has 0 saturated heterocycles. The first kappa shape index (κ1) is 10.0. The van der Waals surface area contributed by atoms with Gasteiger partial charge in [-0.1, -0.05) is 19.3 Å². The number of hydrogen-bond acceptors (Lipinski definition) is 2. The fourth-order valence-electron chi connectivity index (χ4n) is 1.82. The molecular weight excluding hydrogens is 150 g/mol. The van der Waals surface area contributed by atoms with Gasteiger partial charge in [-0.3, -0.25) is 0 Å². The van der Waals surface area contributed by atoms with Gasteiger partial charge in [0.25, 0.3) is 0 Å². The summed E-state index contributed by atoms with van der Waals surface area (Å²) in [6, 6.07) is 0.270. The molecule has 0 aromatic carbocycles. The maximum Gasteiger partial charge on any atom is 0.0581 e. The molecule has 1 fully saturated rings. The Morgan fingerprint density at radius 3 is 2.58 bits per heavy atom. The average molecular weight is 171 g/mol. The molecule has 1 saturated carbocycles. The molecule has 1 aliphatic carbocycles. The van der Waals surface area contributed by atoms with Crippen molar-refractivity contribution in [1.82, 2.24) is 5.32 Å². The maximum atomic E-state index is 8.80. The van der Waals surface area contributed by atoms with Crippen molar-refractivity contribution in [3.8, 4) is 0 Å². The molecule has 0 aromatic heterocycles. The van der Waals surface area contributed by atoms with E-state index in [1.165, 1.54) is 32.1 Å². The van der Waals surface area contributed by atoms with Crippen LogP contribution in [0.4, 0.5) is 0 Å². The van der Waals surface area contributed by atoms with Crippen molar-refractivity contribution >= 4 is 0 Å². The Bertz CT molecular complexity index is 110. The van der Waals surface area contributed by atoms with Crippen LogP contribution in [0.25, 0.3) is 0 Å². The fraction of sp³-hybridized carbons (Fsp3) is 1.00. The molecule has 2 N–H and O–H groups in total. The van der Waals surface area contributed by atoms with Crippen LogP contribution in [0.1, 0.15) is 39.0 Å². The number of rotatable bonds is 4. The van der Waals surface area contributed by atoms with Crippen molar-refractivity contribution in [2.45, 2.75) is 45.1 Å². The van der Waals surface area contributed by atoms with E-state index in [-0.39, 0.29) is 12.6 Å². The van der Waals surface area contributed by atoms with E-state index in [4.69, 9.17) is 5.11 Å². The number of nitrogens with one attached hydrogen (secondary N) is 1. The SMILES string of the molecule is C[C@H](CO)NCC1CCCCC1. The lowest BCUT2D eigenvalue weighted by atomic mass is 9.89. The minimum absolute atomic E-state index is 0.257. The van der Waals surface area contributed by atoms with E-state index in [1.807, 2.05) is 6.92 Å². The smallest absolute Gasteiger partial charge is 0.0581 e. The standard InChI is InChI=1S/C10H21NO/c1-9(8-12)11-7-10-5-3-2-4-6-10/h9-12H,2-8H2,1H3/t9-/m1/s1. The highest BCUT2D eigenvalue weighted by Crippen LogP contribution is 2.22. The van der Waals surface area contributed by atoms with Gasteiger partial charge in [-0.05, 0) is 32.2 Å². The summed E-state index contributed by atoms with van der Waals surface area (Å²) in [6.45, 7) is 3.39. The van der Waals surface area contributed by atoms with Gasteiger partial charge in [-0.2, -0.15) is 0 Å². The molecule has 0 bridgehead atoms. The lowest BCUT2D eigenvalue weighted by molar-refractivity contribution is 0.238. The molecule has 0 unspecified atom stereocenters. The number of aliphatic hydroxyl groups excluding tert-OH is 1. The zero-order valence-corrected chi connectivity index (χ0v) is 8.05. The van der Waals surface area contributed by atoms with Crippen molar-refractivity contribution in [2.75, 3.05) is 13.2 Å². The van der Waals surface area contributed by atoms with Gasteiger partial charge in [0, 0.05) is 6.04 Å². The summed E-state index contributed by atoms with van der Waals surface area (Å²) >= 11 is 0. The van der Waals surface area contributed by atoms with Crippen LogP contribution in [0.3, 0.4) is 0 Å². The third-order valence-electron chi connectivity index (χ3n) is 2.75. The van der Waals surface area contributed by atoms with Crippen molar-refractivity contribution in [3.63, 3.8) is 0 Å². The molecule has 0 amide bonds. The molecule has 0 aliphatic heterocycles. The Kier molecular flexibility index (Phi) is 4.62. The van der Waals surface area contributed by atoms with Crippen molar-refractivity contribution in [2.24, 2.45) is 5.92 Å². The molecule has 12 heavy (non-hydrogen) atoms. The van der Waals surface area contributed by atoms with E-state index in [0.717, 1.165) is 12.5 Å². The van der Waals surface area contributed by atoms with Gasteiger partial charge in [0.15, 0.2) is 0 Å². The molecule has 0 heterocycles. The van der Waals surface area contributed by atoms with Crippen molar-refractivity contribution in [3.05, 3.63) is 0 Å². The van der Waals surface area contributed by atoms with E-state index in [0.29, 0.717) is 0 Å². The fourth-order valence-corrected chi connectivity index (χ4v) is 1.82. The van der Waals surface area contributed by atoms with E-state index in [2.05, 4.69) is 5.32 Å². The molecule has 0 radical (unpaired) electrons. The summed E-state index contributed by atoms with van der Waals surface area (Å²) in [6.07, 6.45) is 6.99. The Hall–Kier alpha value is -0.0800. The minimum Gasteiger partial charge on any atom is -0.395 e. The van der Waals surface area contributed by atoms with E-state index in [1.54, 1.807) is 0 Å². The summed E-state index contributed by atoms with van der Waals surface area (Å²) in [5.41, 5.74) is 0. The van der Waals surface area contributed by atoms with Crippen LogP contribution in [0.5, 0.6) is 0 Å². The summed E-state index contributed by atoms with van der Waals surface area (Å²) in [5.74, 6) is 0.868. The second-order valence-corrected chi connectivity index (χ2v) is 4.00. The predicted octanol–water partition coefficient (Wildman–Crippen LogP) is 1.54. The van der Waals surface area contributed by atoms with E-state index < -0.39 is 0 Å². The van der Waals surface area contributed by atoms with Gasteiger partial charge in [0.2, 0.25) is 0 Å². The monoisotopic (exact) mass is 171 g/mol. The normalized spacial score (nSPS) is 22.5. The highest BCUT2D eigenvalue weighted by atomic mass is 16.3. The summed E-state index contributed by atoms with van der Waals surface area (Å²) < 4.78 is 0. The molecular formula is C10H21NO. The minimum atomic E-state index is 0.257. The van der Waals surface area contributed by atoms with Gasteiger partial charge < -0.3 is 10.4 Å². The van der Waals surface area contributed by atoms with Crippen LogP contribution in [0.15, 0.2) is 0 Å². The molecule has 2 heteroatoms. The van der Waals surface area contributed by atoms with Crippen molar-refractivity contribution in [1.29, 1.82) is 0 Å². The highest BCUT2D eigenvalue weighted by Gasteiger charge is 2.13. The first-order valence-electron chi connectivity index (χ1n) is 5.17. The van der Waals surface area contributed by atoms with Crippen LogP contribution >= 0.6 is 0 Å². The van der Waals surface area contributed by atoms with Crippen LogP contribution < -0.4 is 5.32 Å². The molecule has 72 valence electrons. The first-order chi connectivity index (χ1) is 5.83. The number of aliphatic hydroxyl groups is 1. The van der Waals surface area contributed by atoms with E-state index in [9.17, 15) is 0 Å².